The highest BCUT2D eigenvalue weighted by Crippen LogP contribution is 2.28. The molecule has 0 bridgehead atoms. The highest BCUT2D eigenvalue weighted by atomic mass is 16.5. The minimum atomic E-state index is -0.782. The zero-order valence-electron chi connectivity index (χ0n) is 20.2. The summed E-state index contributed by atoms with van der Waals surface area (Å²) < 4.78 is 8.17. The van der Waals surface area contributed by atoms with Crippen LogP contribution in [0.1, 0.15) is 28.8 Å². The number of nitrogens with zero attached hydrogens (tertiary/aromatic N) is 2. The van der Waals surface area contributed by atoms with Crippen molar-refractivity contribution >= 4 is 16.7 Å². The number of hydrogen-bond donors (Lipinski definition) is 1. The molecule has 1 N–H and O–H groups in total. The zero-order valence-corrected chi connectivity index (χ0v) is 20.2. The summed E-state index contributed by atoms with van der Waals surface area (Å²) in [5, 5.41) is 11.5. The molecule has 0 fully saturated rings. The number of aryl methyl sites for hydroxylation is 2. The number of hydrogen-bond acceptors (Lipinski definition) is 3. The van der Waals surface area contributed by atoms with Crippen LogP contribution in [0.3, 0.4) is 0 Å². The fraction of sp³-hybridized carbons (Fsp3) is 0.161. The fourth-order valence-corrected chi connectivity index (χ4v) is 4.47. The summed E-state index contributed by atoms with van der Waals surface area (Å²) in [5.74, 6) is 0.0506. The summed E-state index contributed by atoms with van der Waals surface area (Å²) in [6.07, 6.45) is 6.61. The van der Waals surface area contributed by atoms with E-state index in [1.807, 2.05) is 43.3 Å². The lowest BCUT2D eigenvalue weighted by molar-refractivity contribution is -0.136. The molecule has 5 rings (SSSR count). The third-order valence-electron chi connectivity index (χ3n) is 6.41. The van der Waals surface area contributed by atoms with Gasteiger partial charge in [0.2, 0.25) is 0 Å². The number of pyridine rings is 1. The van der Waals surface area contributed by atoms with Crippen molar-refractivity contribution in [2.75, 3.05) is 0 Å². The van der Waals surface area contributed by atoms with Crippen molar-refractivity contribution in [3.8, 4) is 16.9 Å². The van der Waals surface area contributed by atoms with Gasteiger partial charge < -0.3 is 14.4 Å². The Morgan fingerprint density at radius 1 is 0.917 bits per heavy atom. The summed E-state index contributed by atoms with van der Waals surface area (Å²) in [6, 6.07) is 26.7. The summed E-state index contributed by atoms with van der Waals surface area (Å²) in [4.78, 5) is 15.5. The van der Waals surface area contributed by atoms with Crippen molar-refractivity contribution in [1.82, 2.24) is 9.55 Å². The van der Waals surface area contributed by atoms with E-state index in [4.69, 9.17) is 4.74 Å². The molecule has 2 aromatic heterocycles. The van der Waals surface area contributed by atoms with E-state index in [1.54, 1.807) is 6.20 Å². The Bertz CT molecular complexity index is 1510. The lowest BCUT2D eigenvalue weighted by atomic mass is 10.0. The molecule has 0 aliphatic carbocycles. The van der Waals surface area contributed by atoms with E-state index >= 15 is 0 Å². The zero-order chi connectivity index (χ0) is 24.9. The molecule has 5 heteroatoms. The molecule has 0 amide bonds. The third-order valence-corrected chi connectivity index (χ3v) is 6.41. The number of fused-ring (bicyclic) bond motifs is 1. The molecule has 0 aliphatic heterocycles. The van der Waals surface area contributed by atoms with Crippen LogP contribution >= 0.6 is 0 Å². The third kappa shape index (κ3) is 5.47. The Hall–Kier alpha value is -4.38. The highest BCUT2D eigenvalue weighted by molar-refractivity contribution is 5.84. The number of carboxylic acid groups (broad SMARTS) is 1. The molecular weight excluding hydrogens is 448 g/mol. The van der Waals surface area contributed by atoms with Crippen LogP contribution in [0.5, 0.6) is 5.75 Å². The second-order valence-corrected chi connectivity index (χ2v) is 9.01. The first-order valence-corrected chi connectivity index (χ1v) is 12.1. The highest BCUT2D eigenvalue weighted by Gasteiger charge is 2.11. The number of aliphatic carboxylic acids is 1. The number of ether oxygens (including phenoxy) is 1. The van der Waals surface area contributed by atoms with E-state index in [0.717, 1.165) is 44.5 Å². The molecule has 180 valence electrons. The Kier molecular flexibility index (Phi) is 6.80. The maximum Gasteiger partial charge on any atom is 0.303 e. The lowest BCUT2D eigenvalue weighted by Crippen LogP contribution is -1.99. The van der Waals surface area contributed by atoms with Gasteiger partial charge in [-0.15, -0.1) is 0 Å². The van der Waals surface area contributed by atoms with Crippen LogP contribution in [0.15, 0.2) is 97.5 Å². The molecule has 0 radical (unpaired) electrons. The second kappa shape index (κ2) is 10.5. The predicted molar refractivity (Wildman–Crippen MR) is 142 cm³/mol. The average Bonchev–Trinajstić information content (AvgIpc) is 3.30. The Morgan fingerprint density at radius 3 is 2.53 bits per heavy atom. The van der Waals surface area contributed by atoms with Crippen LogP contribution < -0.4 is 4.74 Å². The SMILES string of the molecule is Cc1ncccc1COc1ccc2cc(Cn3cc(CCC(=O)O)c(-c4ccccc4)c3)ccc2c1. The van der Waals surface area contributed by atoms with Gasteiger partial charge in [0.05, 0.1) is 0 Å². The van der Waals surface area contributed by atoms with E-state index in [0.29, 0.717) is 19.6 Å². The largest absolute Gasteiger partial charge is 0.489 e. The molecule has 36 heavy (non-hydrogen) atoms. The molecule has 0 saturated heterocycles. The number of carboxylic acids is 1. The average molecular weight is 477 g/mol. The van der Waals surface area contributed by atoms with Gasteiger partial charge in [0.15, 0.2) is 0 Å². The molecule has 0 saturated carbocycles. The first kappa shape index (κ1) is 23.4. The minimum absolute atomic E-state index is 0.116. The number of benzene rings is 3. The number of rotatable bonds is 9. The van der Waals surface area contributed by atoms with Gasteiger partial charge in [-0.25, -0.2) is 0 Å². The molecular formula is C31H28N2O3. The standard InChI is InChI=1S/C31H28N2O3/c1-22-28(8-5-15-32-22)21-36-29-13-11-25-16-23(9-10-26(25)17-29)18-33-19-27(12-14-31(34)35)30(20-33)24-6-3-2-4-7-24/h2-11,13,15-17,19-20H,12,14,18,21H2,1H3,(H,34,35). The van der Waals surface area contributed by atoms with Crippen molar-refractivity contribution < 1.29 is 14.6 Å². The van der Waals surface area contributed by atoms with E-state index in [2.05, 4.69) is 64.4 Å². The molecule has 0 aliphatic rings. The van der Waals surface area contributed by atoms with Crippen molar-refractivity contribution in [2.24, 2.45) is 0 Å². The van der Waals surface area contributed by atoms with Gasteiger partial charge in [0, 0.05) is 48.4 Å². The quantitative estimate of drug-likeness (QED) is 0.258. The second-order valence-electron chi connectivity index (χ2n) is 9.01. The molecule has 5 aromatic rings. The monoisotopic (exact) mass is 476 g/mol. The van der Waals surface area contributed by atoms with Gasteiger partial charge >= 0.3 is 5.97 Å². The molecule has 2 heterocycles. The Labute approximate surface area is 210 Å². The molecule has 0 spiro atoms. The fourth-order valence-electron chi connectivity index (χ4n) is 4.47. The van der Waals surface area contributed by atoms with Gasteiger partial charge in [-0.05, 0) is 65.1 Å². The molecule has 0 unspecified atom stereocenters. The predicted octanol–water partition coefficient (Wildman–Crippen LogP) is 6.66. The van der Waals surface area contributed by atoms with E-state index in [9.17, 15) is 9.90 Å². The van der Waals surface area contributed by atoms with Crippen LogP contribution in [0.2, 0.25) is 0 Å². The molecule has 5 nitrogen and oxygen atoms in total. The van der Waals surface area contributed by atoms with Gasteiger partial charge in [-0.3, -0.25) is 9.78 Å². The van der Waals surface area contributed by atoms with E-state index < -0.39 is 5.97 Å². The maximum atomic E-state index is 11.2. The van der Waals surface area contributed by atoms with Crippen molar-refractivity contribution in [2.45, 2.75) is 32.9 Å². The van der Waals surface area contributed by atoms with Gasteiger partial charge in [-0.1, -0.05) is 54.6 Å². The van der Waals surface area contributed by atoms with Crippen LogP contribution in [-0.4, -0.2) is 20.6 Å². The molecule has 3 aromatic carbocycles. The number of aromatic nitrogens is 2. The Morgan fingerprint density at radius 2 is 1.72 bits per heavy atom. The summed E-state index contributed by atoms with van der Waals surface area (Å²) in [6.45, 7) is 3.19. The van der Waals surface area contributed by atoms with E-state index in [1.165, 1.54) is 5.56 Å². The van der Waals surface area contributed by atoms with Crippen LogP contribution in [0, 0.1) is 6.92 Å². The minimum Gasteiger partial charge on any atom is -0.489 e. The summed E-state index contributed by atoms with van der Waals surface area (Å²) in [7, 11) is 0. The van der Waals surface area contributed by atoms with Crippen LogP contribution in [-0.2, 0) is 24.4 Å². The van der Waals surface area contributed by atoms with Gasteiger partial charge in [-0.2, -0.15) is 0 Å². The first-order valence-electron chi connectivity index (χ1n) is 12.1. The number of carbonyl (C=O) groups is 1. The maximum absolute atomic E-state index is 11.2. The van der Waals surface area contributed by atoms with E-state index in [-0.39, 0.29) is 6.42 Å². The van der Waals surface area contributed by atoms with Crippen molar-refractivity contribution in [1.29, 1.82) is 0 Å². The first-order chi connectivity index (χ1) is 17.5. The Balaban J connectivity index is 1.34. The topological polar surface area (TPSA) is 64.4 Å². The van der Waals surface area contributed by atoms with Crippen molar-refractivity contribution in [3.63, 3.8) is 0 Å². The summed E-state index contributed by atoms with van der Waals surface area (Å²) >= 11 is 0. The van der Waals surface area contributed by atoms with Crippen LogP contribution in [0.4, 0.5) is 0 Å². The van der Waals surface area contributed by atoms with Gasteiger partial charge in [0.25, 0.3) is 0 Å². The summed E-state index contributed by atoms with van der Waals surface area (Å²) in [5.41, 5.74) is 6.48. The van der Waals surface area contributed by atoms with Crippen LogP contribution in [0.25, 0.3) is 21.9 Å². The lowest BCUT2D eigenvalue weighted by Gasteiger charge is -2.10. The molecule has 0 atom stereocenters. The van der Waals surface area contributed by atoms with Gasteiger partial charge in [0.1, 0.15) is 12.4 Å². The normalized spacial score (nSPS) is 11.0. The smallest absolute Gasteiger partial charge is 0.303 e. The van der Waals surface area contributed by atoms with Crippen molar-refractivity contribution in [3.05, 3.63) is 120 Å².